The number of aromatic nitrogens is 1. The van der Waals surface area contributed by atoms with Crippen molar-refractivity contribution in [3.63, 3.8) is 0 Å². The quantitative estimate of drug-likeness (QED) is 0.716. The van der Waals surface area contributed by atoms with Gasteiger partial charge in [-0.05, 0) is 25.1 Å². The summed E-state index contributed by atoms with van der Waals surface area (Å²) in [4.78, 5) is 4.25. The van der Waals surface area contributed by atoms with E-state index in [4.69, 9.17) is 4.74 Å². The molecule has 0 aliphatic carbocycles. The van der Waals surface area contributed by atoms with Crippen molar-refractivity contribution in [3.05, 3.63) is 54.2 Å². The van der Waals surface area contributed by atoms with Crippen LogP contribution in [0.4, 0.5) is 0 Å². The number of aryl methyl sites for hydroxylation is 1. The van der Waals surface area contributed by atoms with Gasteiger partial charge in [-0.1, -0.05) is 24.3 Å². The lowest BCUT2D eigenvalue weighted by Gasteiger charge is -2.03. The summed E-state index contributed by atoms with van der Waals surface area (Å²) in [6.07, 6.45) is 0. The second-order valence-electron chi connectivity index (χ2n) is 3.03. The maximum Gasteiger partial charge on any atom is 0.219 e. The van der Waals surface area contributed by atoms with E-state index >= 15 is 0 Å². The first-order chi connectivity index (χ1) is 6.84. The number of benzene rings is 1. The van der Waals surface area contributed by atoms with E-state index in [-0.39, 0.29) is 0 Å². The predicted octanol–water partition coefficient (Wildman–Crippen LogP) is 3.18. The van der Waals surface area contributed by atoms with Crippen LogP contribution in [-0.2, 0) is 0 Å². The summed E-state index contributed by atoms with van der Waals surface area (Å²) >= 11 is 0. The Balaban J connectivity index is 2.19. The van der Waals surface area contributed by atoms with Crippen LogP contribution in [0.2, 0.25) is 0 Å². The van der Waals surface area contributed by atoms with Crippen LogP contribution >= 0.6 is 0 Å². The molecular weight excluding hydrogens is 174 g/mol. The number of nitrogens with zero attached hydrogens (tertiary/aromatic N) is 1. The van der Waals surface area contributed by atoms with E-state index in [0.29, 0.717) is 5.88 Å². The fourth-order valence-corrected chi connectivity index (χ4v) is 1.18. The molecule has 0 radical (unpaired) electrons. The summed E-state index contributed by atoms with van der Waals surface area (Å²) in [5, 5.41) is 0. The Labute approximate surface area is 83.2 Å². The number of rotatable bonds is 2. The van der Waals surface area contributed by atoms with Gasteiger partial charge >= 0.3 is 0 Å². The molecule has 14 heavy (non-hydrogen) atoms. The molecule has 0 aliphatic heterocycles. The molecule has 2 nitrogen and oxygen atoms in total. The average Bonchev–Trinajstić information content (AvgIpc) is 2.19. The minimum absolute atomic E-state index is 0.635. The first-order valence-electron chi connectivity index (χ1n) is 4.51. The summed E-state index contributed by atoms with van der Waals surface area (Å²) < 4.78 is 5.55. The van der Waals surface area contributed by atoms with Crippen molar-refractivity contribution in [2.45, 2.75) is 6.92 Å². The number of para-hydroxylation sites is 1. The Morgan fingerprint density at radius 3 is 2.43 bits per heavy atom. The molecule has 2 aromatic rings. The monoisotopic (exact) mass is 185 g/mol. The van der Waals surface area contributed by atoms with Gasteiger partial charge in [-0.25, -0.2) is 4.98 Å². The topological polar surface area (TPSA) is 22.1 Å². The van der Waals surface area contributed by atoms with Gasteiger partial charge in [0.2, 0.25) is 5.88 Å². The molecule has 0 aliphatic rings. The van der Waals surface area contributed by atoms with Crippen molar-refractivity contribution in [1.82, 2.24) is 4.98 Å². The van der Waals surface area contributed by atoms with Crippen LogP contribution in [0.15, 0.2) is 48.5 Å². The first-order valence-corrected chi connectivity index (χ1v) is 4.51. The largest absolute Gasteiger partial charge is 0.439 e. The van der Waals surface area contributed by atoms with Crippen molar-refractivity contribution in [1.29, 1.82) is 0 Å². The first kappa shape index (κ1) is 8.75. The summed E-state index contributed by atoms with van der Waals surface area (Å²) in [7, 11) is 0. The lowest BCUT2D eigenvalue weighted by Crippen LogP contribution is -1.88. The molecule has 0 unspecified atom stereocenters. The summed E-state index contributed by atoms with van der Waals surface area (Å²) in [6, 6.07) is 15.4. The van der Waals surface area contributed by atoms with Crippen molar-refractivity contribution in [3.8, 4) is 11.6 Å². The summed E-state index contributed by atoms with van der Waals surface area (Å²) in [6.45, 7) is 1.94. The maximum absolute atomic E-state index is 5.55. The molecule has 0 amide bonds. The van der Waals surface area contributed by atoms with Crippen molar-refractivity contribution in [2.24, 2.45) is 0 Å². The molecule has 1 heterocycles. The van der Waals surface area contributed by atoms with Crippen LogP contribution in [-0.4, -0.2) is 4.98 Å². The highest BCUT2D eigenvalue weighted by atomic mass is 16.5. The second kappa shape index (κ2) is 3.92. The Kier molecular flexibility index (Phi) is 2.45. The zero-order valence-corrected chi connectivity index (χ0v) is 7.97. The fraction of sp³-hybridized carbons (Fsp3) is 0.0833. The molecule has 0 spiro atoms. The molecule has 0 saturated carbocycles. The zero-order chi connectivity index (χ0) is 9.80. The lowest BCUT2D eigenvalue weighted by molar-refractivity contribution is 0.461. The zero-order valence-electron chi connectivity index (χ0n) is 7.97. The van der Waals surface area contributed by atoms with E-state index in [9.17, 15) is 0 Å². The second-order valence-corrected chi connectivity index (χ2v) is 3.03. The Hall–Kier alpha value is -1.83. The number of hydrogen-bond acceptors (Lipinski definition) is 2. The smallest absolute Gasteiger partial charge is 0.219 e. The minimum atomic E-state index is 0.635. The van der Waals surface area contributed by atoms with Gasteiger partial charge in [-0.2, -0.15) is 0 Å². The highest BCUT2D eigenvalue weighted by Gasteiger charge is 1.96. The number of hydrogen-bond donors (Lipinski definition) is 0. The molecule has 1 aromatic carbocycles. The van der Waals surface area contributed by atoms with Gasteiger partial charge < -0.3 is 4.74 Å². The van der Waals surface area contributed by atoms with Gasteiger partial charge in [0.05, 0.1) is 0 Å². The average molecular weight is 185 g/mol. The van der Waals surface area contributed by atoms with Crippen molar-refractivity contribution < 1.29 is 4.74 Å². The molecule has 2 rings (SSSR count). The molecule has 0 saturated heterocycles. The summed E-state index contributed by atoms with van der Waals surface area (Å²) in [5.41, 5.74) is 0.957. The van der Waals surface area contributed by atoms with Gasteiger partial charge in [0.15, 0.2) is 0 Å². The van der Waals surface area contributed by atoms with Crippen LogP contribution in [0.25, 0.3) is 0 Å². The van der Waals surface area contributed by atoms with E-state index in [0.717, 1.165) is 11.4 Å². The SMILES string of the molecule is Cc1cccc(Oc2ccccc2)n1. The van der Waals surface area contributed by atoms with Gasteiger partial charge in [0, 0.05) is 11.8 Å². The Morgan fingerprint density at radius 2 is 1.71 bits per heavy atom. The number of ether oxygens (including phenoxy) is 1. The Morgan fingerprint density at radius 1 is 0.929 bits per heavy atom. The van der Waals surface area contributed by atoms with Gasteiger partial charge in [-0.3, -0.25) is 0 Å². The predicted molar refractivity (Wildman–Crippen MR) is 55.5 cm³/mol. The van der Waals surface area contributed by atoms with E-state index in [1.165, 1.54) is 0 Å². The molecular formula is C12H11NO. The molecule has 0 bridgehead atoms. The van der Waals surface area contributed by atoms with Gasteiger partial charge in [-0.15, -0.1) is 0 Å². The van der Waals surface area contributed by atoms with Crippen LogP contribution in [0.5, 0.6) is 11.6 Å². The van der Waals surface area contributed by atoms with Crippen molar-refractivity contribution in [2.75, 3.05) is 0 Å². The van der Waals surface area contributed by atoms with Crippen LogP contribution in [0.3, 0.4) is 0 Å². The fourth-order valence-electron chi connectivity index (χ4n) is 1.18. The molecule has 0 atom stereocenters. The third-order valence-electron chi connectivity index (χ3n) is 1.83. The summed E-state index contributed by atoms with van der Waals surface area (Å²) in [5.74, 6) is 1.45. The van der Waals surface area contributed by atoms with Gasteiger partial charge in [0.25, 0.3) is 0 Å². The highest BCUT2D eigenvalue weighted by molar-refractivity contribution is 5.26. The van der Waals surface area contributed by atoms with Crippen LogP contribution in [0, 0.1) is 6.92 Å². The van der Waals surface area contributed by atoms with E-state index in [2.05, 4.69) is 4.98 Å². The Bertz CT molecular complexity index is 412. The van der Waals surface area contributed by atoms with E-state index in [1.54, 1.807) is 0 Å². The van der Waals surface area contributed by atoms with Crippen molar-refractivity contribution >= 4 is 0 Å². The van der Waals surface area contributed by atoms with Crippen LogP contribution < -0.4 is 4.74 Å². The molecule has 70 valence electrons. The molecule has 0 N–H and O–H groups in total. The van der Waals surface area contributed by atoms with Crippen LogP contribution in [0.1, 0.15) is 5.69 Å². The standard InChI is InChI=1S/C12H11NO/c1-10-6-5-9-12(13-10)14-11-7-3-2-4-8-11/h2-9H,1H3. The number of pyridine rings is 1. The van der Waals surface area contributed by atoms with E-state index in [1.807, 2.05) is 55.5 Å². The van der Waals surface area contributed by atoms with E-state index < -0.39 is 0 Å². The molecule has 0 fully saturated rings. The van der Waals surface area contributed by atoms with Gasteiger partial charge in [0.1, 0.15) is 5.75 Å². The molecule has 1 aromatic heterocycles. The third-order valence-corrected chi connectivity index (χ3v) is 1.83. The third kappa shape index (κ3) is 2.10. The highest BCUT2D eigenvalue weighted by Crippen LogP contribution is 2.18. The molecule has 2 heteroatoms. The maximum atomic E-state index is 5.55. The minimum Gasteiger partial charge on any atom is -0.439 e. The normalized spacial score (nSPS) is 9.79. The lowest BCUT2D eigenvalue weighted by atomic mass is 10.3.